The number of hydrogen-bond donors (Lipinski definition) is 1. The Morgan fingerprint density at radius 3 is 2.50 bits per heavy atom. The van der Waals surface area contributed by atoms with Gasteiger partial charge in [0.15, 0.2) is 0 Å². The van der Waals surface area contributed by atoms with Crippen LogP contribution in [0.2, 0.25) is 0 Å². The lowest BCUT2D eigenvalue weighted by molar-refractivity contribution is 0.534. The van der Waals surface area contributed by atoms with Crippen LogP contribution in [0.25, 0.3) is 10.9 Å². The minimum Gasteiger partial charge on any atom is -0.341 e. The van der Waals surface area contributed by atoms with Gasteiger partial charge in [-0.1, -0.05) is 13.8 Å². The Morgan fingerprint density at radius 1 is 1.17 bits per heavy atom. The van der Waals surface area contributed by atoms with Crippen LogP contribution < -0.4 is 5.32 Å². The fourth-order valence-corrected chi connectivity index (χ4v) is 2.32. The Kier molecular flexibility index (Phi) is 3.71. The van der Waals surface area contributed by atoms with Gasteiger partial charge in [0, 0.05) is 35.2 Å². The average molecular weight is 248 g/mol. The summed E-state index contributed by atoms with van der Waals surface area (Å²) >= 11 is 0. The second-order valence-corrected chi connectivity index (χ2v) is 5.34. The summed E-state index contributed by atoms with van der Waals surface area (Å²) in [7, 11) is 0. The topological polar surface area (TPSA) is 17.0 Å². The number of nitrogens with zero attached hydrogens (tertiary/aromatic N) is 1. The predicted octanol–water partition coefficient (Wildman–Crippen LogP) is 3.86. The van der Waals surface area contributed by atoms with Gasteiger partial charge >= 0.3 is 0 Å². The molecule has 0 aliphatic carbocycles. The van der Waals surface area contributed by atoms with Crippen LogP contribution in [0.5, 0.6) is 0 Å². The van der Waals surface area contributed by atoms with Gasteiger partial charge in [0.05, 0.1) is 0 Å². The number of aromatic nitrogens is 1. The maximum absolute atomic E-state index is 13.3. The molecule has 3 heteroatoms. The molecule has 0 aliphatic heterocycles. The third-order valence-electron chi connectivity index (χ3n) is 3.09. The monoisotopic (exact) mass is 248 g/mol. The van der Waals surface area contributed by atoms with E-state index >= 15 is 0 Å². The molecule has 98 valence electrons. The van der Waals surface area contributed by atoms with Crippen molar-refractivity contribution in [2.45, 2.75) is 46.3 Å². The zero-order chi connectivity index (χ0) is 13.3. The van der Waals surface area contributed by atoms with E-state index in [9.17, 15) is 4.39 Å². The highest BCUT2D eigenvalue weighted by molar-refractivity contribution is 5.81. The summed E-state index contributed by atoms with van der Waals surface area (Å²) in [6, 6.07) is 7.89. The molecule has 0 bridgehead atoms. The van der Waals surface area contributed by atoms with E-state index in [1.165, 1.54) is 11.8 Å². The first-order valence-electron chi connectivity index (χ1n) is 6.51. The molecule has 0 spiro atoms. The Hall–Kier alpha value is -1.35. The molecular formula is C15H21FN2. The first kappa shape index (κ1) is 13.1. The molecule has 0 amide bonds. The van der Waals surface area contributed by atoms with Crippen molar-refractivity contribution in [1.29, 1.82) is 0 Å². The Labute approximate surface area is 108 Å². The molecule has 1 heterocycles. The molecule has 1 aromatic heterocycles. The fourth-order valence-electron chi connectivity index (χ4n) is 2.32. The van der Waals surface area contributed by atoms with E-state index in [-0.39, 0.29) is 5.82 Å². The minimum absolute atomic E-state index is 0.174. The predicted molar refractivity (Wildman–Crippen MR) is 74.3 cm³/mol. The number of rotatable bonds is 4. The molecule has 0 radical (unpaired) electrons. The van der Waals surface area contributed by atoms with Crippen LogP contribution in [-0.4, -0.2) is 10.6 Å². The highest BCUT2D eigenvalue weighted by Gasteiger charge is 2.12. The van der Waals surface area contributed by atoms with Gasteiger partial charge in [-0.15, -0.1) is 0 Å². The summed E-state index contributed by atoms with van der Waals surface area (Å²) in [6.45, 7) is 9.37. The van der Waals surface area contributed by atoms with Crippen LogP contribution >= 0.6 is 0 Å². The summed E-state index contributed by atoms with van der Waals surface area (Å²) in [4.78, 5) is 0. The quantitative estimate of drug-likeness (QED) is 0.869. The molecule has 1 aromatic carbocycles. The van der Waals surface area contributed by atoms with Crippen molar-refractivity contribution < 1.29 is 4.39 Å². The second kappa shape index (κ2) is 5.11. The zero-order valence-electron chi connectivity index (χ0n) is 11.5. The smallest absolute Gasteiger partial charge is 0.123 e. The normalized spacial score (nSPS) is 11.9. The molecule has 2 aromatic rings. The van der Waals surface area contributed by atoms with Gasteiger partial charge in [0.25, 0.3) is 0 Å². The van der Waals surface area contributed by atoms with Gasteiger partial charge in [-0.2, -0.15) is 0 Å². The molecule has 0 saturated carbocycles. The van der Waals surface area contributed by atoms with Gasteiger partial charge in [-0.05, 0) is 38.1 Å². The van der Waals surface area contributed by atoms with Crippen LogP contribution in [0, 0.1) is 5.82 Å². The van der Waals surface area contributed by atoms with Gasteiger partial charge < -0.3 is 9.88 Å². The number of benzene rings is 1. The van der Waals surface area contributed by atoms with Crippen molar-refractivity contribution in [3.63, 3.8) is 0 Å². The maximum Gasteiger partial charge on any atom is 0.123 e. The summed E-state index contributed by atoms with van der Waals surface area (Å²) in [5, 5.41) is 4.39. The van der Waals surface area contributed by atoms with Gasteiger partial charge in [-0.25, -0.2) is 4.39 Å². The molecule has 0 unspecified atom stereocenters. The lowest BCUT2D eigenvalue weighted by Crippen LogP contribution is -2.23. The van der Waals surface area contributed by atoms with Crippen molar-refractivity contribution in [3.05, 3.63) is 35.8 Å². The molecule has 2 rings (SSSR count). The van der Waals surface area contributed by atoms with Crippen LogP contribution in [0.4, 0.5) is 4.39 Å². The van der Waals surface area contributed by atoms with Crippen molar-refractivity contribution in [2.75, 3.05) is 0 Å². The summed E-state index contributed by atoms with van der Waals surface area (Å²) < 4.78 is 15.5. The highest BCUT2D eigenvalue weighted by atomic mass is 19.1. The van der Waals surface area contributed by atoms with Crippen LogP contribution in [0.1, 0.15) is 39.4 Å². The summed E-state index contributed by atoms with van der Waals surface area (Å²) in [6.07, 6.45) is 0. The van der Waals surface area contributed by atoms with E-state index < -0.39 is 0 Å². The number of halogens is 1. The van der Waals surface area contributed by atoms with Crippen LogP contribution in [0.3, 0.4) is 0 Å². The van der Waals surface area contributed by atoms with Crippen LogP contribution in [0.15, 0.2) is 24.3 Å². The van der Waals surface area contributed by atoms with Crippen molar-refractivity contribution in [3.8, 4) is 0 Å². The standard InChI is InChI=1S/C15H21FN2/c1-10(2)17-9-14-8-12-7-13(16)5-6-15(12)18(14)11(3)4/h5-8,10-11,17H,9H2,1-4H3. The summed E-state index contributed by atoms with van der Waals surface area (Å²) in [5.74, 6) is -0.174. The Bertz CT molecular complexity index is 541. The molecule has 0 aliphatic rings. The third kappa shape index (κ3) is 2.56. The van der Waals surface area contributed by atoms with E-state index in [1.54, 1.807) is 6.07 Å². The SMILES string of the molecule is CC(C)NCc1cc2cc(F)ccc2n1C(C)C. The molecule has 18 heavy (non-hydrogen) atoms. The third-order valence-corrected chi connectivity index (χ3v) is 3.09. The van der Waals surface area contributed by atoms with Gasteiger partial charge in [0.2, 0.25) is 0 Å². The molecule has 0 atom stereocenters. The molecular weight excluding hydrogens is 227 g/mol. The summed E-state index contributed by atoms with van der Waals surface area (Å²) in [5.41, 5.74) is 2.31. The fraction of sp³-hybridized carbons (Fsp3) is 0.467. The number of hydrogen-bond acceptors (Lipinski definition) is 1. The van der Waals surface area contributed by atoms with Gasteiger partial charge in [0.1, 0.15) is 5.82 Å². The first-order chi connectivity index (χ1) is 8.49. The molecule has 0 saturated heterocycles. The van der Waals surface area contributed by atoms with Crippen molar-refractivity contribution in [2.24, 2.45) is 0 Å². The number of fused-ring (bicyclic) bond motifs is 1. The van der Waals surface area contributed by atoms with E-state index in [0.717, 1.165) is 17.4 Å². The van der Waals surface area contributed by atoms with Crippen molar-refractivity contribution in [1.82, 2.24) is 9.88 Å². The van der Waals surface area contributed by atoms with Crippen LogP contribution in [-0.2, 0) is 6.54 Å². The Morgan fingerprint density at radius 2 is 1.89 bits per heavy atom. The van der Waals surface area contributed by atoms with E-state index in [1.807, 2.05) is 6.07 Å². The van der Waals surface area contributed by atoms with E-state index in [2.05, 4.69) is 43.6 Å². The Balaban J connectivity index is 2.47. The largest absolute Gasteiger partial charge is 0.341 e. The minimum atomic E-state index is -0.174. The van der Waals surface area contributed by atoms with Gasteiger partial charge in [-0.3, -0.25) is 0 Å². The molecule has 1 N–H and O–H groups in total. The average Bonchev–Trinajstić information content (AvgIpc) is 2.63. The zero-order valence-corrected chi connectivity index (χ0v) is 11.5. The lowest BCUT2D eigenvalue weighted by atomic mass is 10.2. The first-order valence-corrected chi connectivity index (χ1v) is 6.51. The highest BCUT2D eigenvalue weighted by Crippen LogP contribution is 2.25. The lowest BCUT2D eigenvalue weighted by Gasteiger charge is -2.16. The van der Waals surface area contributed by atoms with Crippen molar-refractivity contribution >= 4 is 10.9 Å². The second-order valence-electron chi connectivity index (χ2n) is 5.34. The van der Waals surface area contributed by atoms with E-state index in [0.29, 0.717) is 12.1 Å². The molecule has 2 nitrogen and oxygen atoms in total. The van der Waals surface area contributed by atoms with E-state index in [4.69, 9.17) is 0 Å². The number of nitrogens with one attached hydrogen (secondary N) is 1. The maximum atomic E-state index is 13.3. The molecule has 0 fully saturated rings.